The first-order valence-electron chi connectivity index (χ1n) is 7.47. The van der Waals surface area contributed by atoms with Crippen molar-refractivity contribution in [2.45, 2.75) is 6.04 Å². The molecular formula is C18H19N3OS. The van der Waals surface area contributed by atoms with E-state index in [2.05, 4.69) is 32.0 Å². The van der Waals surface area contributed by atoms with Crippen molar-refractivity contribution in [1.82, 2.24) is 15.2 Å². The Morgan fingerprint density at radius 1 is 1.26 bits per heavy atom. The van der Waals surface area contributed by atoms with Gasteiger partial charge in [0.25, 0.3) is 5.91 Å². The first-order chi connectivity index (χ1) is 11.2. The van der Waals surface area contributed by atoms with Crippen LogP contribution in [0.5, 0.6) is 0 Å². The molecule has 0 radical (unpaired) electrons. The van der Waals surface area contributed by atoms with Gasteiger partial charge in [-0.1, -0.05) is 12.1 Å². The first-order valence-corrected chi connectivity index (χ1v) is 8.41. The van der Waals surface area contributed by atoms with E-state index in [4.69, 9.17) is 0 Å². The molecule has 0 aliphatic carbocycles. The fraction of sp³-hybridized carbons (Fsp3) is 0.222. The number of likely N-dealkylation sites (N-methyl/N-ethyl adjacent to an activating group) is 1. The Hall–Kier alpha value is -2.24. The van der Waals surface area contributed by atoms with E-state index in [1.54, 1.807) is 17.5 Å². The van der Waals surface area contributed by atoms with Crippen molar-refractivity contribution >= 4 is 28.1 Å². The number of hydrogen-bond donors (Lipinski definition) is 1. The number of fused-ring (bicyclic) bond motifs is 1. The maximum absolute atomic E-state index is 12.6. The van der Waals surface area contributed by atoms with E-state index in [-0.39, 0.29) is 11.9 Å². The SMILES string of the molecule is CN(C)[C@H](CNC(=O)c1cccc2ncccc12)c1ccsc1. The van der Waals surface area contributed by atoms with Gasteiger partial charge in [0.1, 0.15) is 0 Å². The van der Waals surface area contributed by atoms with Crippen LogP contribution in [0.2, 0.25) is 0 Å². The normalized spacial score (nSPS) is 12.5. The summed E-state index contributed by atoms with van der Waals surface area (Å²) in [6, 6.07) is 11.7. The van der Waals surface area contributed by atoms with Crippen LogP contribution in [0.25, 0.3) is 10.9 Å². The monoisotopic (exact) mass is 325 g/mol. The second kappa shape index (κ2) is 6.89. The van der Waals surface area contributed by atoms with Gasteiger partial charge in [-0.25, -0.2) is 0 Å². The van der Waals surface area contributed by atoms with Crippen molar-refractivity contribution in [3.63, 3.8) is 0 Å². The Bertz CT molecular complexity index is 794. The maximum Gasteiger partial charge on any atom is 0.252 e. The average Bonchev–Trinajstić information content (AvgIpc) is 3.08. The number of benzene rings is 1. The van der Waals surface area contributed by atoms with Crippen LogP contribution in [-0.2, 0) is 0 Å². The molecule has 5 heteroatoms. The molecule has 0 aliphatic rings. The van der Waals surface area contributed by atoms with Crippen LogP contribution >= 0.6 is 11.3 Å². The average molecular weight is 325 g/mol. The third kappa shape index (κ3) is 3.41. The summed E-state index contributed by atoms with van der Waals surface area (Å²) in [6.07, 6.45) is 1.74. The van der Waals surface area contributed by atoms with Crippen molar-refractivity contribution in [2.75, 3.05) is 20.6 Å². The van der Waals surface area contributed by atoms with E-state index in [1.165, 1.54) is 5.56 Å². The third-order valence-corrected chi connectivity index (χ3v) is 4.60. The summed E-state index contributed by atoms with van der Waals surface area (Å²) in [4.78, 5) is 19.0. The molecule has 1 amide bonds. The second-order valence-electron chi connectivity index (χ2n) is 5.62. The highest BCUT2D eigenvalue weighted by Crippen LogP contribution is 2.21. The number of carbonyl (C=O) groups is 1. The highest BCUT2D eigenvalue weighted by molar-refractivity contribution is 7.07. The molecule has 3 rings (SSSR count). The van der Waals surface area contributed by atoms with Crippen molar-refractivity contribution in [2.24, 2.45) is 0 Å². The molecule has 0 bridgehead atoms. The van der Waals surface area contributed by atoms with Crippen LogP contribution in [0.4, 0.5) is 0 Å². The molecular weight excluding hydrogens is 306 g/mol. The van der Waals surface area contributed by atoms with Gasteiger partial charge >= 0.3 is 0 Å². The van der Waals surface area contributed by atoms with E-state index < -0.39 is 0 Å². The Morgan fingerprint density at radius 3 is 2.87 bits per heavy atom. The topological polar surface area (TPSA) is 45.2 Å². The van der Waals surface area contributed by atoms with Gasteiger partial charge in [-0.05, 0) is 54.7 Å². The molecule has 1 atom stereocenters. The Labute approximate surface area is 139 Å². The Balaban J connectivity index is 1.78. The summed E-state index contributed by atoms with van der Waals surface area (Å²) in [5.41, 5.74) is 2.72. The van der Waals surface area contributed by atoms with Gasteiger partial charge in [0.2, 0.25) is 0 Å². The van der Waals surface area contributed by atoms with Gasteiger partial charge in [0.15, 0.2) is 0 Å². The van der Waals surface area contributed by atoms with Crippen LogP contribution in [0.3, 0.4) is 0 Å². The lowest BCUT2D eigenvalue weighted by atomic mass is 10.1. The van der Waals surface area contributed by atoms with E-state index in [9.17, 15) is 4.79 Å². The summed E-state index contributed by atoms with van der Waals surface area (Å²) in [5, 5.41) is 8.12. The minimum atomic E-state index is -0.0642. The summed E-state index contributed by atoms with van der Waals surface area (Å²) in [7, 11) is 4.05. The van der Waals surface area contributed by atoms with Crippen molar-refractivity contribution < 1.29 is 4.79 Å². The minimum Gasteiger partial charge on any atom is -0.350 e. The highest BCUT2D eigenvalue weighted by atomic mass is 32.1. The number of nitrogens with one attached hydrogen (secondary N) is 1. The molecule has 4 nitrogen and oxygen atoms in total. The largest absolute Gasteiger partial charge is 0.350 e. The third-order valence-electron chi connectivity index (χ3n) is 3.90. The molecule has 23 heavy (non-hydrogen) atoms. The zero-order chi connectivity index (χ0) is 16.2. The zero-order valence-electron chi connectivity index (χ0n) is 13.2. The van der Waals surface area contributed by atoms with E-state index in [0.717, 1.165) is 10.9 Å². The van der Waals surface area contributed by atoms with E-state index in [0.29, 0.717) is 12.1 Å². The number of amides is 1. The van der Waals surface area contributed by atoms with Gasteiger partial charge < -0.3 is 10.2 Å². The van der Waals surface area contributed by atoms with Crippen LogP contribution < -0.4 is 5.32 Å². The summed E-state index contributed by atoms with van der Waals surface area (Å²) < 4.78 is 0. The van der Waals surface area contributed by atoms with Gasteiger partial charge in [-0.3, -0.25) is 9.78 Å². The quantitative estimate of drug-likeness (QED) is 0.782. The predicted octanol–water partition coefficient (Wildman–Crippen LogP) is 3.33. The lowest BCUT2D eigenvalue weighted by Gasteiger charge is -2.24. The molecule has 0 saturated heterocycles. The number of hydrogen-bond acceptors (Lipinski definition) is 4. The molecule has 2 heterocycles. The number of rotatable bonds is 5. The fourth-order valence-corrected chi connectivity index (χ4v) is 3.36. The molecule has 0 saturated carbocycles. The van der Waals surface area contributed by atoms with Crippen molar-refractivity contribution in [3.8, 4) is 0 Å². The highest BCUT2D eigenvalue weighted by Gasteiger charge is 2.17. The van der Waals surface area contributed by atoms with Gasteiger partial charge in [-0.15, -0.1) is 0 Å². The van der Waals surface area contributed by atoms with Crippen LogP contribution in [-0.4, -0.2) is 36.4 Å². The molecule has 1 N–H and O–H groups in total. The number of thiophene rings is 1. The number of aromatic nitrogens is 1. The fourth-order valence-electron chi connectivity index (χ4n) is 2.65. The Kier molecular flexibility index (Phi) is 4.69. The molecule has 0 unspecified atom stereocenters. The number of pyridine rings is 1. The smallest absolute Gasteiger partial charge is 0.252 e. The molecule has 0 spiro atoms. The molecule has 118 valence electrons. The molecule has 3 aromatic rings. The van der Waals surface area contributed by atoms with E-state index in [1.807, 2.05) is 44.4 Å². The second-order valence-corrected chi connectivity index (χ2v) is 6.40. The maximum atomic E-state index is 12.6. The van der Waals surface area contributed by atoms with Gasteiger partial charge in [0, 0.05) is 23.7 Å². The van der Waals surface area contributed by atoms with Crippen LogP contribution in [0, 0.1) is 0 Å². The molecule has 2 aromatic heterocycles. The van der Waals surface area contributed by atoms with Crippen LogP contribution in [0.1, 0.15) is 22.0 Å². The first kappa shape index (κ1) is 15.6. The zero-order valence-corrected chi connectivity index (χ0v) is 14.0. The molecule has 0 aliphatic heterocycles. The molecule has 0 fully saturated rings. The van der Waals surface area contributed by atoms with E-state index >= 15 is 0 Å². The summed E-state index contributed by atoms with van der Waals surface area (Å²) in [5.74, 6) is -0.0642. The molecule has 1 aromatic carbocycles. The summed E-state index contributed by atoms with van der Waals surface area (Å²) >= 11 is 1.67. The minimum absolute atomic E-state index is 0.0642. The van der Waals surface area contributed by atoms with Crippen molar-refractivity contribution in [3.05, 3.63) is 64.5 Å². The lowest BCUT2D eigenvalue weighted by molar-refractivity contribution is 0.0943. The van der Waals surface area contributed by atoms with Gasteiger partial charge in [0.05, 0.1) is 11.6 Å². The Morgan fingerprint density at radius 2 is 2.13 bits per heavy atom. The van der Waals surface area contributed by atoms with Crippen LogP contribution in [0.15, 0.2) is 53.4 Å². The lowest BCUT2D eigenvalue weighted by Crippen LogP contribution is -2.34. The predicted molar refractivity (Wildman–Crippen MR) is 94.8 cm³/mol. The van der Waals surface area contributed by atoms with Crippen molar-refractivity contribution in [1.29, 1.82) is 0 Å². The number of carbonyl (C=O) groups excluding carboxylic acids is 1. The van der Waals surface area contributed by atoms with Gasteiger partial charge in [-0.2, -0.15) is 11.3 Å². The summed E-state index contributed by atoms with van der Waals surface area (Å²) in [6.45, 7) is 0.569. The standard InChI is InChI=1S/C18H19N3OS/c1-21(2)17(13-8-10-23-12-13)11-20-18(22)15-5-3-7-16-14(15)6-4-9-19-16/h3-10,12,17H,11H2,1-2H3,(H,20,22)/t17-/m1/s1. The number of nitrogens with zero attached hydrogens (tertiary/aromatic N) is 2.